The number of benzene rings is 3. The lowest BCUT2D eigenvalue weighted by Gasteiger charge is -2.25. The first-order chi connectivity index (χ1) is 18.1. The van der Waals surface area contributed by atoms with Crippen molar-refractivity contribution in [2.75, 3.05) is 0 Å². The highest BCUT2D eigenvalue weighted by molar-refractivity contribution is 6.13. The largest absolute Gasteiger partial charge is 0.454 e. The predicted octanol–water partition coefficient (Wildman–Crippen LogP) is 8.59. The van der Waals surface area contributed by atoms with Crippen LogP contribution in [-0.2, 0) is 19.9 Å². The summed E-state index contributed by atoms with van der Waals surface area (Å²) in [6, 6.07) is 20.0. The van der Waals surface area contributed by atoms with Gasteiger partial charge in [-0.15, -0.1) is 0 Å². The van der Waals surface area contributed by atoms with E-state index >= 15 is 0 Å². The molecule has 2 heteroatoms. The van der Waals surface area contributed by atoms with Gasteiger partial charge in [0.15, 0.2) is 6.20 Å². The van der Waals surface area contributed by atoms with Gasteiger partial charge >= 0.3 is 0 Å². The summed E-state index contributed by atoms with van der Waals surface area (Å²) in [6.45, 7) is 2.16. The second-order valence-corrected chi connectivity index (χ2v) is 10.9. The summed E-state index contributed by atoms with van der Waals surface area (Å²) in [5, 5.41) is 2.22. The summed E-state index contributed by atoms with van der Waals surface area (Å²) in [4.78, 5) is 0. The average Bonchev–Trinajstić information content (AvgIpc) is 3.55. The Balaban J connectivity index is 1.48. The van der Waals surface area contributed by atoms with Crippen molar-refractivity contribution in [2.45, 2.75) is 64.2 Å². The Labute approximate surface area is 215 Å². The van der Waals surface area contributed by atoms with Crippen LogP contribution in [0.5, 0.6) is 0 Å². The average molecular weight is 474 g/mol. The number of aromatic nitrogens is 1. The zero-order valence-electron chi connectivity index (χ0n) is 22.4. The van der Waals surface area contributed by atoms with Crippen molar-refractivity contribution in [1.82, 2.24) is 0 Å². The molecule has 0 saturated heterocycles. The van der Waals surface area contributed by atoms with Crippen molar-refractivity contribution >= 4 is 21.9 Å². The van der Waals surface area contributed by atoms with E-state index in [2.05, 4.69) is 73.3 Å². The molecule has 3 aromatic carbocycles. The molecule has 2 aliphatic rings. The van der Waals surface area contributed by atoms with Crippen LogP contribution in [0.25, 0.3) is 44.3 Å². The van der Waals surface area contributed by atoms with E-state index in [4.69, 9.17) is 5.79 Å². The molecule has 180 valence electrons. The summed E-state index contributed by atoms with van der Waals surface area (Å²) in [5.74, 6) is 0.712. The molecule has 1 fully saturated rings. The van der Waals surface area contributed by atoms with Gasteiger partial charge in [0.25, 0.3) is 0 Å². The number of pyridine rings is 1. The zero-order chi connectivity index (χ0) is 25.1. The molecule has 2 aromatic heterocycles. The van der Waals surface area contributed by atoms with E-state index in [1.165, 1.54) is 61.6 Å². The molecule has 5 aromatic rings. The molecular weight excluding hydrogens is 438 g/mol. The van der Waals surface area contributed by atoms with Crippen LogP contribution in [0.1, 0.15) is 68.1 Å². The summed E-state index contributed by atoms with van der Waals surface area (Å²) >= 11 is 0. The van der Waals surface area contributed by atoms with Crippen LogP contribution in [-0.4, -0.2) is 0 Å². The maximum absolute atomic E-state index is 9.01. The van der Waals surface area contributed by atoms with Crippen LogP contribution >= 0.6 is 0 Å². The molecule has 36 heavy (non-hydrogen) atoms. The Morgan fingerprint density at radius 1 is 0.806 bits per heavy atom. The van der Waals surface area contributed by atoms with Crippen LogP contribution < -0.4 is 4.57 Å². The van der Waals surface area contributed by atoms with Gasteiger partial charge in [0.1, 0.15) is 18.2 Å². The van der Waals surface area contributed by atoms with Crippen molar-refractivity contribution in [3.63, 3.8) is 0 Å². The predicted molar refractivity (Wildman–Crippen MR) is 148 cm³/mol. The summed E-state index contributed by atoms with van der Waals surface area (Å²) < 4.78 is 18.0. The Bertz CT molecular complexity index is 1670. The van der Waals surface area contributed by atoms with Crippen LogP contribution in [0.3, 0.4) is 0 Å². The van der Waals surface area contributed by atoms with Gasteiger partial charge in [-0.3, -0.25) is 0 Å². The Hall–Kier alpha value is -3.39. The van der Waals surface area contributed by atoms with Crippen molar-refractivity contribution < 1.29 is 10.4 Å². The Kier molecular flexibility index (Phi) is 4.97. The van der Waals surface area contributed by atoms with Crippen molar-refractivity contribution in [3.8, 4) is 22.4 Å². The van der Waals surface area contributed by atoms with Crippen molar-refractivity contribution in [2.24, 2.45) is 7.05 Å². The fourth-order valence-electron chi connectivity index (χ4n) is 6.97. The second kappa shape index (κ2) is 8.62. The lowest BCUT2D eigenvalue weighted by Crippen LogP contribution is -2.30. The first-order valence-corrected chi connectivity index (χ1v) is 13.7. The molecule has 0 atom stereocenters. The molecule has 0 amide bonds. The quantitative estimate of drug-likeness (QED) is 0.240. The Morgan fingerprint density at radius 3 is 2.50 bits per heavy atom. The topological polar surface area (TPSA) is 17.0 Å². The van der Waals surface area contributed by atoms with E-state index in [9.17, 15) is 0 Å². The number of para-hydroxylation sites is 1. The number of aryl methyl sites for hydroxylation is 2. The SMILES string of the molecule is [2H]c1ccc2c(oc3c(-c4cccc[n+]4C)c(C)ccc32)c1-c1ccc(C2CCCCC2)c2c1CCC2. The molecule has 0 spiro atoms. The zero-order valence-corrected chi connectivity index (χ0v) is 21.4. The van der Waals surface area contributed by atoms with Gasteiger partial charge in [-0.2, -0.15) is 0 Å². The smallest absolute Gasteiger partial charge is 0.216 e. The highest BCUT2D eigenvalue weighted by Gasteiger charge is 2.27. The Morgan fingerprint density at radius 2 is 1.64 bits per heavy atom. The van der Waals surface area contributed by atoms with Gasteiger partial charge < -0.3 is 4.42 Å². The highest BCUT2D eigenvalue weighted by Crippen LogP contribution is 2.45. The maximum atomic E-state index is 9.01. The van der Waals surface area contributed by atoms with E-state index in [0.29, 0.717) is 12.0 Å². The molecular formula is C34H34NO+. The van der Waals surface area contributed by atoms with E-state index in [1.54, 1.807) is 11.1 Å². The molecule has 1 saturated carbocycles. The van der Waals surface area contributed by atoms with E-state index in [1.807, 2.05) is 6.07 Å². The third kappa shape index (κ3) is 3.34. The lowest BCUT2D eigenvalue weighted by molar-refractivity contribution is -0.660. The number of hydrogen-bond donors (Lipinski definition) is 0. The van der Waals surface area contributed by atoms with Gasteiger partial charge in [0.2, 0.25) is 5.69 Å². The monoisotopic (exact) mass is 473 g/mol. The molecule has 0 radical (unpaired) electrons. The minimum atomic E-state index is 0.551. The fraction of sp³-hybridized carbons (Fsp3) is 0.324. The molecule has 2 heterocycles. The maximum Gasteiger partial charge on any atom is 0.216 e. The lowest BCUT2D eigenvalue weighted by atomic mass is 9.80. The highest BCUT2D eigenvalue weighted by atomic mass is 16.3. The van der Waals surface area contributed by atoms with Gasteiger partial charge in [-0.1, -0.05) is 61.7 Å². The van der Waals surface area contributed by atoms with Gasteiger partial charge in [-0.05, 0) is 78.8 Å². The van der Waals surface area contributed by atoms with E-state index in [0.717, 1.165) is 45.2 Å². The van der Waals surface area contributed by atoms with E-state index in [-0.39, 0.29) is 0 Å². The van der Waals surface area contributed by atoms with Crippen molar-refractivity contribution in [3.05, 3.63) is 89.1 Å². The number of rotatable bonds is 3. The van der Waals surface area contributed by atoms with Crippen LogP contribution in [0.2, 0.25) is 0 Å². The first kappa shape index (κ1) is 20.8. The number of nitrogens with zero attached hydrogens (tertiary/aromatic N) is 1. The van der Waals surface area contributed by atoms with Gasteiger partial charge in [-0.25, -0.2) is 4.57 Å². The number of fused-ring (bicyclic) bond motifs is 4. The molecule has 0 N–H and O–H groups in total. The van der Waals surface area contributed by atoms with Crippen LogP contribution in [0, 0.1) is 6.92 Å². The van der Waals surface area contributed by atoms with Crippen molar-refractivity contribution in [1.29, 1.82) is 0 Å². The summed E-state index contributed by atoms with van der Waals surface area (Å²) in [5.41, 5.74) is 12.0. The van der Waals surface area contributed by atoms with Crippen LogP contribution in [0.15, 0.2) is 71.3 Å². The molecule has 0 aliphatic heterocycles. The van der Waals surface area contributed by atoms with E-state index < -0.39 is 0 Å². The third-order valence-corrected chi connectivity index (χ3v) is 8.76. The minimum absolute atomic E-state index is 0.551. The second-order valence-electron chi connectivity index (χ2n) is 10.9. The summed E-state index contributed by atoms with van der Waals surface area (Å²) in [7, 11) is 2.08. The summed E-state index contributed by atoms with van der Waals surface area (Å²) in [6.07, 6.45) is 12.3. The molecule has 0 bridgehead atoms. The molecule has 7 rings (SSSR count). The molecule has 0 unspecified atom stereocenters. The first-order valence-electron chi connectivity index (χ1n) is 14.2. The minimum Gasteiger partial charge on any atom is -0.454 e. The normalized spacial score (nSPS) is 16.6. The fourth-order valence-corrected chi connectivity index (χ4v) is 6.97. The third-order valence-electron chi connectivity index (χ3n) is 8.76. The molecule has 2 aliphatic carbocycles. The van der Waals surface area contributed by atoms with Gasteiger partial charge in [0.05, 0.1) is 6.93 Å². The number of hydrogen-bond acceptors (Lipinski definition) is 1. The van der Waals surface area contributed by atoms with Crippen LogP contribution in [0.4, 0.5) is 0 Å². The molecule has 2 nitrogen and oxygen atoms in total. The standard InChI is InChI=1S/C34H34NO/c1-22-17-18-30-29-15-9-14-28(33(29)36-34(30)32(22)31-16-6-7-21-35(31)2)27-20-19-24(23-10-4-3-5-11-23)25-12-8-13-26(25)27/h6-7,9,14-21,23H,3-5,8,10-13H2,1-2H3/q+1/i14D. The van der Waals surface area contributed by atoms with Gasteiger partial charge in [0, 0.05) is 28.5 Å². The number of furan rings is 1.